The van der Waals surface area contributed by atoms with Crippen molar-refractivity contribution in [2.75, 3.05) is 0 Å². The van der Waals surface area contributed by atoms with Gasteiger partial charge in [0.15, 0.2) is 0 Å². The molecule has 1 aliphatic carbocycles. The standard InChI is InChI=1S/C9H8BrCl/c10-9-7(6-4-5-6)2-1-3-8(9)11/h1-3,6H,4-5H2. The van der Waals surface area contributed by atoms with Gasteiger partial charge in [0.05, 0.1) is 5.02 Å². The molecule has 0 N–H and O–H groups in total. The molecule has 2 heteroatoms. The van der Waals surface area contributed by atoms with E-state index in [1.54, 1.807) is 0 Å². The van der Waals surface area contributed by atoms with Crippen LogP contribution in [0.5, 0.6) is 0 Å². The summed E-state index contributed by atoms with van der Waals surface area (Å²) < 4.78 is 1.09. The molecule has 1 aromatic rings. The lowest BCUT2D eigenvalue weighted by Gasteiger charge is -2.02. The summed E-state index contributed by atoms with van der Waals surface area (Å²) >= 11 is 9.43. The zero-order valence-electron chi connectivity index (χ0n) is 5.98. The molecule has 0 saturated heterocycles. The van der Waals surface area contributed by atoms with E-state index >= 15 is 0 Å². The van der Waals surface area contributed by atoms with Crippen LogP contribution >= 0.6 is 27.5 Å². The number of rotatable bonds is 1. The minimum atomic E-state index is 0.767. The maximum atomic E-state index is 5.94. The first-order valence-electron chi connectivity index (χ1n) is 3.73. The van der Waals surface area contributed by atoms with Gasteiger partial charge in [0.2, 0.25) is 0 Å². The lowest BCUT2D eigenvalue weighted by atomic mass is 10.1. The highest BCUT2D eigenvalue weighted by Crippen LogP contribution is 2.44. The van der Waals surface area contributed by atoms with E-state index in [4.69, 9.17) is 11.6 Å². The summed E-state index contributed by atoms with van der Waals surface area (Å²) in [6.07, 6.45) is 2.64. The molecule has 0 bridgehead atoms. The van der Waals surface area contributed by atoms with Crippen molar-refractivity contribution < 1.29 is 0 Å². The summed E-state index contributed by atoms with van der Waals surface area (Å²) in [6.45, 7) is 0. The molecular weight excluding hydrogens is 223 g/mol. The quantitative estimate of drug-likeness (QED) is 0.686. The van der Waals surface area contributed by atoms with Gasteiger partial charge < -0.3 is 0 Å². The van der Waals surface area contributed by atoms with Crippen molar-refractivity contribution in [3.05, 3.63) is 33.3 Å². The van der Waals surface area contributed by atoms with E-state index in [1.807, 2.05) is 12.1 Å². The third-order valence-corrected chi connectivity index (χ3v) is 3.43. The Morgan fingerprint density at radius 1 is 1.36 bits per heavy atom. The van der Waals surface area contributed by atoms with E-state index in [2.05, 4.69) is 22.0 Å². The summed E-state index contributed by atoms with van der Waals surface area (Å²) in [5.41, 5.74) is 1.37. The number of hydrogen-bond donors (Lipinski definition) is 0. The second-order valence-electron chi connectivity index (χ2n) is 2.92. The monoisotopic (exact) mass is 230 g/mol. The maximum Gasteiger partial charge on any atom is 0.0550 e. The molecule has 2 rings (SSSR count). The first-order valence-corrected chi connectivity index (χ1v) is 4.90. The van der Waals surface area contributed by atoms with Crippen LogP contribution in [0.25, 0.3) is 0 Å². The molecule has 1 fully saturated rings. The van der Waals surface area contributed by atoms with E-state index in [0.717, 1.165) is 15.4 Å². The fraction of sp³-hybridized carbons (Fsp3) is 0.333. The Labute approximate surface area is 79.7 Å². The number of halogens is 2. The van der Waals surface area contributed by atoms with Crippen LogP contribution in [-0.4, -0.2) is 0 Å². The van der Waals surface area contributed by atoms with Crippen LogP contribution in [-0.2, 0) is 0 Å². The highest BCUT2D eigenvalue weighted by molar-refractivity contribution is 9.10. The number of hydrogen-bond acceptors (Lipinski definition) is 0. The molecule has 0 radical (unpaired) electrons. The van der Waals surface area contributed by atoms with E-state index in [-0.39, 0.29) is 0 Å². The first-order chi connectivity index (χ1) is 5.29. The van der Waals surface area contributed by atoms with Gasteiger partial charge in [-0.25, -0.2) is 0 Å². The molecule has 1 aromatic carbocycles. The zero-order chi connectivity index (χ0) is 7.84. The van der Waals surface area contributed by atoms with E-state index in [1.165, 1.54) is 18.4 Å². The second-order valence-corrected chi connectivity index (χ2v) is 4.12. The Hall–Kier alpha value is -0.0100. The molecule has 0 unspecified atom stereocenters. The van der Waals surface area contributed by atoms with Gasteiger partial charge in [-0.1, -0.05) is 23.7 Å². The lowest BCUT2D eigenvalue weighted by molar-refractivity contribution is 1.12. The average Bonchev–Trinajstić information content (AvgIpc) is 2.77. The Morgan fingerprint density at radius 3 is 2.73 bits per heavy atom. The summed E-state index contributed by atoms with van der Waals surface area (Å²) in [4.78, 5) is 0. The van der Waals surface area contributed by atoms with E-state index in [9.17, 15) is 0 Å². The van der Waals surface area contributed by atoms with Crippen molar-refractivity contribution in [2.24, 2.45) is 0 Å². The van der Waals surface area contributed by atoms with Crippen LogP contribution in [0.2, 0.25) is 5.02 Å². The molecule has 11 heavy (non-hydrogen) atoms. The van der Waals surface area contributed by atoms with Crippen LogP contribution in [0.1, 0.15) is 24.3 Å². The zero-order valence-corrected chi connectivity index (χ0v) is 8.32. The third kappa shape index (κ3) is 1.45. The molecule has 0 atom stereocenters. The van der Waals surface area contributed by atoms with Gasteiger partial charge in [0, 0.05) is 4.47 Å². The van der Waals surface area contributed by atoms with Crippen molar-refractivity contribution in [2.45, 2.75) is 18.8 Å². The lowest BCUT2D eigenvalue weighted by Crippen LogP contribution is -1.81. The summed E-state index contributed by atoms with van der Waals surface area (Å²) in [6, 6.07) is 6.08. The van der Waals surface area contributed by atoms with Crippen LogP contribution in [0.3, 0.4) is 0 Å². The van der Waals surface area contributed by atoms with Crippen molar-refractivity contribution in [3.8, 4) is 0 Å². The molecule has 0 amide bonds. The summed E-state index contributed by atoms with van der Waals surface area (Å²) in [5.74, 6) is 0.767. The minimum Gasteiger partial charge on any atom is -0.0831 e. The molecular formula is C9H8BrCl. The molecule has 58 valence electrons. The van der Waals surface area contributed by atoms with Crippen molar-refractivity contribution >= 4 is 27.5 Å². The van der Waals surface area contributed by atoms with Crippen LogP contribution in [0, 0.1) is 0 Å². The topological polar surface area (TPSA) is 0 Å². The minimum absolute atomic E-state index is 0.767. The molecule has 1 saturated carbocycles. The fourth-order valence-electron chi connectivity index (χ4n) is 1.23. The van der Waals surface area contributed by atoms with E-state index in [0.29, 0.717) is 0 Å². The van der Waals surface area contributed by atoms with Crippen molar-refractivity contribution in [1.82, 2.24) is 0 Å². The molecule has 0 heterocycles. The van der Waals surface area contributed by atoms with Gasteiger partial charge in [0.1, 0.15) is 0 Å². The summed E-state index contributed by atoms with van der Waals surface area (Å²) in [5, 5.41) is 0.828. The largest absolute Gasteiger partial charge is 0.0831 e. The third-order valence-electron chi connectivity index (χ3n) is 2.00. The summed E-state index contributed by atoms with van der Waals surface area (Å²) in [7, 11) is 0. The van der Waals surface area contributed by atoms with Gasteiger partial charge in [-0.2, -0.15) is 0 Å². The molecule has 1 aliphatic rings. The van der Waals surface area contributed by atoms with Gasteiger partial charge in [-0.3, -0.25) is 0 Å². The molecule has 0 nitrogen and oxygen atoms in total. The van der Waals surface area contributed by atoms with Gasteiger partial charge in [0.25, 0.3) is 0 Å². The van der Waals surface area contributed by atoms with Crippen molar-refractivity contribution in [1.29, 1.82) is 0 Å². The molecule has 0 aromatic heterocycles. The highest BCUT2D eigenvalue weighted by Gasteiger charge is 2.25. The molecule has 0 aliphatic heterocycles. The van der Waals surface area contributed by atoms with Crippen molar-refractivity contribution in [3.63, 3.8) is 0 Å². The Morgan fingerprint density at radius 2 is 2.09 bits per heavy atom. The van der Waals surface area contributed by atoms with Crippen LogP contribution in [0.15, 0.2) is 22.7 Å². The van der Waals surface area contributed by atoms with E-state index < -0.39 is 0 Å². The Bertz CT molecular complexity index is 279. The van der Waals surface area contributed by atoms with Crippen LogP contribution in [0.4, 0.5) is 0 Å². The predicted octanol–water partition coefficient (Wildman–Crippen LogP) is 3.98. The van der Waals surface area contributed by atoms with Crippen LogP contribution < -0.4 is 0 Å². The maximum absolute atomic E-state index is 5.94. The SMILES string of the molecule is Clc1cccc(C2CC2)c1Br. The Balaban J connectivity index is 2.45. The molecule has 0 spiro atoms. The van der Waals surface area contributed by atoms with Gasteiger partial charge >= 0.3 is 0 Å². The van der Waals surface area contributed by atoms with Gasteiger partial charge in [-0.15, -0.1) is 0 Å². The Kier molecular flexibility index (Phi) is 1.94. The average molecular weight is 232 g/mol. The second kappa shape index (κ2) is 2.80. The fourth-order valence-corrected chi connectivity index (χ4v) is 2.00. The first kappa shape index (κ1) is 7.63. The van der Waals surface area contributed by atoms with Gasteiger partial charge in [-0.05, 0) is 46.3 Å². The highest BCUT2D eigenvalue weighted by atomic mass is 79.9. The normalized spacial score (nSPS) is 16.9. The number of benzene rings is 1. The predicted molar refractivity (Wildman–Crippen MR) is 51.1 cm³/mol. The smallest absolute Gasteiger partial charge is 0.0550 e.